The fourth-order valence-electron chi connectivity index (χ4n) is 4.56. The molecule has 1 unspecified atom stereocenters. The highest BCUT2D eigenvalue weighted by Crippen LogP contribution is 2.34. The lowest BCUT2D eigenvalue weighted by Crippen LogP contribution is -2.49. The van der Waals surface area contributed by atoms with Gasteiger partial charge in [0.1, 0.15) is 30.7 Å². The lowest BCUT2D eigenvalue weighted by Gasteiger charge is -2.37. The second-order valence-electron chi connectivity index (χ2n) is 9.95. The van der Waals surface area contributed by atoms with Crippen LogP contribution in [0, 0.1) is 5.82 Å². The molecule has 1 fully saturated rings. The number of anilines is 1. The van der Waals surface area contributed by atoms with Gasteiger partial charge < -0.3 is 19.9 Å². The number of methoxy groups -OCH3 is 1. The Hall–Kier alpha value is -3.95. The molecule has 190 valence electrons. The molecule has 0 spiro atoms. The van der Waals surface area contributed by atoms with E-state index in [4.69, 9.17) is 4.74 Å². The van der Waals surface area contributed by atoms with Crippen molar-refractivity contribution in [3.8, 4) is 5.75 Å². The smallest absolute Gasteiger partial charge is 0.325 e. The summed E-state index contributed by atoms with van der Waals surface area (Å²) in [5.74, 6) is -1.29. The molecule has 2 aromatic carbocycles. The monoisotopic (exact) mass is 496 g/mol. The number of ether oxygens (including phenoxy) is 1. The highest BCUT2D eigenvalue weighted by Gasteiger charge is 2.38. The molecule has 0 aliphatic carbocycles. The number of imide groups is 1. The average molecular weight is 497 g/mol. The van der Waals surface area contributed by atoms with E-state index in [2.05, 4.69) is 10.6 Å². The summed E-state index contributed by atoms with van der Waals surface area (Å²) in [5.41, 5.74) is 1.85. The topological polar surface area (TPSA) is 108 Å². The van der Waals surface area contributed by atoms with Crippen LogP contribution in [0.5, 0.6) is 5.75 Å². The minimum Gasteiger partial charge on any atom is -0.497 e. The van der Waals surface area contributed by atoms with Crippen molar-refractivity contribution >= 4 is 29.4 Å². The maximum atomic E-state index is 14.8. The number of amides is 5. The number of hydrogen-bond acceptors (Lipinski definition) is 5. The third-order valence-electron chi connectivity index (χ3n) is 6.39. The van der Waals surface area contributed by atoms with Gasteiger partial charge in [-0.15, -0.1) is 0 Å². The van der Waals surface area contributed by atoms with Crippen LogP contribution in [-0.4, -0.2) is 60.3 Å². The molecule has 9 nitrogen and oxygen atoms in total. The highest BCUT2D eigenvalue weighted by molar-refractivity contribution is 6.04. The predicted octanol–water partition coefficient (Wildman–Crippen LogP) is 2.75. The van der Waals surface area contributed by atoms with E-state index >= 15 is 0 Å². The van der Waals surface area contributed by atoms with E-state index in [9.17, 15) is 23.6 Å². The van der Waals surface area contributed by atoms with Gasteiger partial charge in [-0.2, -0.15) is 0 Å². The van der Waals surface area contributed by atoms with Crippen molar-refractivity contribution in [2.24, 2.45) is 0 Å². The van der Waals surface area contributed by atoms with Gasteiger partial charge in [-0.05, 0) is 52.8 Å². The first-order valence-corrected chi connectivity index (χ1v) is 11.6. The summed E-state index contributed by atoms with van der Waals surface area (Å²) in [4.78, 5) is 52.8. The summed E-state index contributed by atoms with van der Waals surface area (Å²) in [6.07, 6.45) is 0.474. The van der Waals surface area contributed by atoms with Crippen molar-refractivity contribution in [3.63, 3.8) is 0 Å². The van der Waals surface area contributed by atoms with Crippen molar-refractivity contribution in [1.29, 1.82) is 0 Å². The lowest BCUT2D eigenvalue weighted by atomic mass is 9.86. The number of carbonyl (C=O) groups is 4. The molecule has 4 rings (SSSR count). The van der Waals surface area contributed by atoms with Gasteiger partial charge in [0.2, 0.25) is 11.8 Å². The van der Waals surface area contributed by atoms with Gasteiger partial charge in [0.25, 0.3) is 5.91 Å². The van der Waals surface area contributed by atoms with Crippen LogP contribution in [0.25, 0.3) is 0 Å². The molecule has 2 aliphatic rings. The van der Waals surface area contributed by atoms with Crippen LogP contribution in [0.3, 0.4) is 0 Å². The van der Waals surface area contributed by atoms with Crippen LogP contribution in [0.4, 0.5) is 14.9 Å². The normalized spacial score (nSPS) is 17.5. The number of halogens is 1. The van der Waals surface area contributed by atoms with Crippen molar-refractivity contribution in [1.82, 2.24) is 15.1 Å². The number of rotatable bonds is 5. The van der Waals surface area contributed by atoms with Crippen LogP contribution in [0.1, 0.15) is 43.5 Å². The van der Waals surface area contributed by atoms with Crippen molar-refractivity contribution < 1.29 is 28.3 Å². The van der Waals surface area contributed by atoms with E-state index in [1.54, 1.807) is 31.4 Å². The van der Waals surface area contributed by atoms with E-state index in [0.29, 0.717) is 23.3 Å². The minimum atomic E-state index is -1.01. The molecule has 1 atom stereocenters. The van der Waals surface area contributed by atoms with Gasteiger partial charge in [0, 0.05) is 12.2 Å². The zero-order valence-corrected chi connectivity index (χ0v) is 20.7. The second kappa shape index (κ2) is 9.60. The van der Waals surface area contributed by atoms with Gasteiger partial charge in [0.05, 0.1) is 7.11 Å². The summed E-state index contributed by atoms with van der Waals surface area (Å²) >= 11 is 0. The molecule has 2 aromatic rings. The third-order valence-corrected chi connectivity index (χ3v) is 6.39. The maximum Gasteiger partial charge on any atom is 0.325 e. The highest BCUT2D eigenvalue weighted by atomic mass is 19.1. The Morgan fingerprint density at radius 3 is 2.53 bits per heavy atom. The molecule has 10 heteroatoms. The van der Waals surface area contributed by atoms with E-state index < -0.39 is 41.0 Å². The molecule has 5 amide bonds. The molecule has 0 saturated carbocycles. The molecular weight excluding hydrogens is 467 g/mol. The first kappa shape index (κ1) is 25.2. The van der Waals surface area contributed by atoms with E-state index in [-0.39, 0.29) is 25.3 Å². The van der Waals surface area contributed by atoms with E-state index in [1.165, 1.54) is 11.0 Å². The number of nitrogens with zero attached hydrogens (tertiary/aromatic N) is 2. The molecule has 1 saturated heterocycles. The summed E-state index contributed by atoms with van der Waals surface area (Å²) in [6, 6.07) is 8.13. The third kappa shape index (κ3) is 5.02. The predicted molar refractivity (Wildman–Crippen MR) is 130 cm³/mol. The van der Waals surface area contributed by atoms with Gasteiger partial charge in [-0.25, -0.2) is 9.18 Å². The van der Waals surface area contributed by atoms with Crippen LogP contribution in [0.15, 0.2) is 36.4 Å². The Balaban J connectivity index is 1.63. The summed E-state index contributed by atoms with van der Waals surface area (Å²) in [5, 5.41) is 4.88. The Bertz CT molecular complexity index is 1240. The first-order valence-electron chi connectivity index (χ1n) is 11.6. The quantitative estimate of drug-likeness (QED) is 0.619. The molecule has 0 aromatic heterocycles. The Labute approximate surface area is 208 Å². The number of urea groups is 1. The van der Waals surface area contributed by atoms with Gasteiger partial charge in [-0.3, -0.25) is 19.7 Å². The Morgan fingerprint density at radius 1 is 1.17 bits per heavy atom. The largest absolute Gasteiger partial charge is 0.497 e. The van der Waals surface area contributed by atoms with E-state index in [0.717, 1.165) is 10.5 Å². The molecule has 36 heavy (non-hydrogen) atoms. The zero-order chi connectivity index (χ0) is 26.2. The Morgan fingerprint density at radius 2 is 1.92 bits per heavy atom. The first-order chi connectivity index (χ1) is 17.0. The number of nitrogens with one attached hydrogen (secondary N) is 2. The summed E-state index contributed by atoms with van der Waals surface area (Å²) in [7, 11) is 1.54. The zero-order valence-electron chi connectivity index (χ0n) is 20.7. The van der Waals surface area contributed by atoms with E-state index in [1.807, 2.05) is 26.8 Å². The average Bonchev–Trinajstić information content (AvgIpc) is 3.13. The number of hydrogen-bond donors (Lipinski definition) is 2. The SMILES string of the molecule is COc1ccc2c(c1)CCN(C(=O)CN1CC(=O)NC1=O)C2C(=O)Nc1ccc(C(C)(C)C)c(F)c1. The Kier molecular flexibility index (Phi) is 6.71. The summed E-state index contributed by atoms with van der Waals surface area (Å²) < 4.78 is 20.1. The number of fused-ring (bicyclic) bond motifs is 1. The van der Waals surface area contributed by atoms with Gasteiger partial charge >= 0.3 is 6.03 Å². The fraction of sp³-hybridized carbons (Fsp3) is 0.385. The molecule has 2 heterocycles. The molecule has 2 N–H and O–H groups in total. The number of carbonyl (C=O) groups excluding carboxylic acids is 4. The standard InChI is InChI=1S/C26H29FN4O5/c1-26(2,3)19-8-5-16(12-20(19)27)28-24(34)23-18-7-6-17(36-4)11-15(18)9-10-31(23)22(33)14-30-13-21(32)29-25(30)35/h5-8,11-12,23H,9-10,13-14H2,1-4H3,(H,28,34)(H,29,32,35). The van der Waals surface area contributed by atoms with Crippen LogP contribution < -0.4 is 15.4 Å². The minimum absolute atomic E-state index is 0.220. The van der Waals surface area contributed by atoms with Crippen LogP contribution in [0.2, 0.25) is 0 Å². The molecule has 2 aliphatic heterocycles. The van der Waals surface area contributed by atoms with Crippen molar-refractivity contribution in [2.75, 3.05) is 32.1 Å². The van der Waals surface area contributed by atoms with Gasteiger partial charge in [-0.1, -0.05) is 32.9 Å². The maximum absolute atomic E-state index is 14.8. The fourth-order valence-corrected chi connectivity index (χ4v) is 4.56. The van der Waals surface area contributed by atoms with Crippen molar-refractivity contribution in [3.05, 3.63) is 58.9 Å². The summed E-state index contributed by atoms with van der Waals surface area (Å²) in [6.45, 7) is 5.35. The van der Waals surface area contributed by atoms with Crippen LogP contribution >= 0.6 is 0 Å². The molecule has 0 bridgehead atoms. The van der Waals surface area contributed by atoms with Crippen LogP contribution in [-0.2, 0) is 26.2 Å². The lowest BCUT2D eigenvalue weighted by molar-refractivity contribution is -0.140. The molecule has 0 radical (unpaired) electrons. The number of benzene rings is 2. The van der Waals surface area contributed by atoms with Crippen molar-refractivity contribution in [2.45, 2.75) is 38.6 Å². The molecular formula is C26H29FN4O5. The second-order valence-corrected chi connectivity index (χ2v) is 9.95. The van der Waals surface area contributed by atoms with Gasteiger partial charge in [0.15, 0.2) is 0 Å².